The van der Waals surface area contributed by atoms with E-state index in [0.29, 0.717) is 12.2 Å². The van der Waals surface area contributed by atoms with Crippen LogP contribution in [0.5, 0.6) is 0 Å². The fourth-order valence-corrected chi connectivity index (χ4v) is 3.88. The van der Waals surface area contributed by atoms with Gasteiger partial charge in [-0.3, -0.25) is 14.8 Å². The van der Waals surface area contributed by atoms with Crippen LogP contribution in [0.15, 0.2) is 72.9 Å². The Hall–Kier alpha value is -2.67. The molecule has 0 aliphatic carbocycles. The highest BCUT2D eigenvalue weighted by Gasteiger charge is 2.20. The summed E-state index contributed by atoms with van der Waals surface area (Å²) in [5.41, 5.74) is 2.63. The summed E-state index contributed by atoms with van der Waals surface area (Å²) in [7, 11) is 0. The number of benzene rings is 2. The Balaban J connectivity index is 1.31. The van der Waals surface area contributed by atoms with Gasteiger partial charge in [0.05, 0.1) is 12.3 Å². The fraction of sp³-hybridized carbons (Fsp3) is 0.320. The quantitative estimate of drug-likeness (QED) is 0.541. The highest BCUT2D eigenvalue weighted by atomic mass is 19.2. The van der Waals surface area contributed by atoms with Crippen molar-refractivity contribution in [3.8, 4) is 0 Å². The van der Waals surface area contributed by atoms with E-state index in [-0.39, 0.29) is 0 Å². The monoisotopic (exact) mass is 423 g/mol. The Kier molecular flexibility index (Phi) is 7.35. The van der Waals surface area contributed by atoms with Crippen LogP contribution in [0.1, 0.15) is 22.9 Å². The molecule has 4 nitrogen and oxygen atoms in total. The van der Waals surface area contributed by atoms with Crippen molar-refractivity contribution in [2.75, 3.05) is 39.3 Å². The molecule has 0 radical (unpaired) electrons. The third-order valence-electron chi connectivity index (χ3n) is 5.62. The van der Waals surface area contributed by atoms with E-state index < -0.39 is 17.7 Å². The van der Waals surface area contributed by atoms with Crippen LogP contribution >= 0.6 is 0 Å². The number of hydrogen-bond acceptors (Lipinski definition) is 4. The van der Waals surface area contributed by atoms with E-state index in [1.165, 1.54) is 6.07 Å². The minimum Gasteiger partial charge on any atom is -0.367 e. The molecule has 4 rings (SSSR count). The highest BCUT2D eigenvalue weighted by molar-refractivity contribution is 5.30. The van der Waals surface area contributed by atoms with E-state index >= 15 is 0 Å². The van der Waals surface area contributed by atoms with Crippen molar-refractivity contribution in [3.63, 3.8) is 0 Å². The van der Waals surface area contributed by atoms with E-state index in [1.54, 1.807) is 6.07 Å². The number of hydrogen-bond donors (Lipinski definition) is 0. The van der Waals surface area contributed by atoms with Crippen molar-refractivity contribution in [2.24, 2.45) is 0 Å². The van der Waals surface area contributed by atoms with Crippen molar-refractivity contribution in [2.45, 2.75) is 12.6 Å². The first-order valence-electron chi connectivity index (χ1n) is 10.6. The number of rotatable bonds is 8. The lowest BCUT2D eigenvalue weighted by molar-refractivity contribution is 0.0439. The largest absolute Gasteiger partial charge is 0.367 e. The first kappa shape index (κ1) is 21.6. The molecule has 0 bridgehead atoms. The van der Waals surface area contributed by atoms with Gasteiger partial charge in [0, 0.05) is 45.5 Å². The average molecular weight is 424 g/mol. The first-order valence-corrected chi connectivity index (χ1v) is 10.6. The average Bonchev–Trinajstić information content (AvgIpc) is 2.81. The SMILES string of the molecule is Fc1ccc(C(OCCN2CCN(Cc3ccccn3)CC2)c2ccccc2)cc1F. The Morgan fingerprint density at radius 1 is 0.806 bits per heavy atom. The summed E-state index contributed by atoms with van der Waals surface area (Å²) in [6.07, 6.45) is 1.40. The summed E-state index contributed by atoms with van der Waals surface area (Å²) < 4.78 is 33.4. The van der Waals surface area contributed by atoms with Gasteiger partial charge in [0.15, 0.2) is 11.6 Å². The predicted molar refractivity (Wildman–Crippen MR) is 117 cm³/mol. The van der Waals surface area contributed by atoms with Gasteiger partial charge in [0.2, 0.25) is 0 Å². The number of nitrogens with zero attached hydrogens (tertiary/aromatic N) is 3. The minimum atomic E-state index is -0.856. The smallest absolute Gasteiger partial charge is 0.159 e. The second-order valence-corrected chi connectivity index (χ2v) is 7.77. The summed E-state index contributed by atoms with van der Waals surface area (Å²) in [6.45, 7) is 6.10. The maximum atomic E-state index is 13.8. The molecule has 1 atom stereocenters. The van der Waals surface area contributed by atoms with Crippen LogP contribution in [0, 0.1) is 11.6 Å². The standard InChI is InChI=1S/C25H27F2N3O/c26-23-10-9-21(18-24(23)27)25(20-6-2-1-3-7-20)31-17-16-29-12-14-30(15-13-29)19-22-8-4-5-11-28-22/h1-11,18,25H,12-17,19H2. The van der Waals surface area contributed by atoms with E-state index in [0.717, 1.165) is 56.6 Å². The molecule has 6 heteroatoms. The molecule has 162 valence electrons. The lowest BCUT2D eigenvalue weighted by Crippen LogP contribution is -2.46. The van der Waals surface area contributed by atoms with Crippen LogP contribution in [0.2, 0.25) is 0 Å². The zero-order chi connectivity index (χ0) is 21.5. The Labute approximate surface area is 182 Å². The van der Waals surface area contributed by atoms with Crippen LogP contribution in [-0.2, 0) is 11.3 Å². The van der Waals surface area contributed by atoms with Crippen molar-refractivity contribution in [3.05, 3.63) is 101 Å². The Morgan fingerprint density at radius 2 is 1.55 bits per heavy atom. The maximum Gasteiger partial charge on any atom is 0.159 e. The molecule has 1 aliphatic heterocycles. The topological polar surface area (TPSA) is 28.6 Å². The molecule has 2 heterocycles. The molecular formula is C25H27F2N3O. The van der Waals surface area contributed by atoms with Gasteiger partial charge in [-0.25, -0.2) is 8.78 Å². The molecular weight excluding hydrogens is 396 g/mol. The molecule has 1 unspecified atom stereocenters. The number of piperazine rings is 1. The van der Waals surface area contributed by atoms with Gasteiger partial charge in [-0.2, -0.15) is 0 Å². The molecule has 1 aliphatic rings. The van der Waals surface area contributed by atoms with Crippen LogP contribution in [0.3, 0.4) is 0 Å². The van der Waals surface area contributed by atoms with Gasteiger partial charge in [0.1, 0.15) is 6.10 Å². The van der Waals surface area contributed by atoms with Crippen molar-refractivity contribution < 1.29 is 13.5 Å². The van der Waals surface area contributed by atoms with Gasteiger partial charge in [-0.15, -0.1) is 0 Å². The molecule has 2 aromatic carbocycles. The molecule has 1 aromatic heterocycles. The highest BCUT2D eigenvalue weighted by Crippen LogP contribution is 2.27. The van der Waals surface area contributed by atoms with Gasteiger partial charge >= 0.3 is 0 Å². The van der Waals surface area contributed by atoms with Gasteiger partial charge in [0.25, 0.3) is 0 Å². The Morgan fingerprint density at radius 3 is 2.26 bits per heavy atom. The van der Waals surface area contributed by atoms with Gasteiger partial charge in [-0.05, 0) is 35.4 Å². The third kappa shape index (κ3) is 5.94. The van der Waals surface area contributed by atoms with Crippen LogP contribution in [0.4, 0.5) is 8.78 Å². The zero-order valence-electron chi connectivity index (χ0n) is 17.5. The lowest BCUT2D eigenvalue weighted by atomic mass is 10.0. The number of aromatic nitrogens is 1. The summed E-state index contributed by atoms with van der Waals surface area (Å²) >= 11 is 0. The second-order valence-electron chi connectivity index (χ2n) is 7.77. The van der Waals surface area contributed by atoms with E-state index in [2.05, 4.69) is 20.9 Å². The van der Waals surface area contributed by atoms with Crippen LogP contribution < -0.4 is 0 Å². The van der Waals surface area contributed by atoms with Crippen molar-refractivity contribution in [1.29, 1.82) is 0 Å². The van der Waals surface area contributed by atoms with Crippen molar-refractivity contribution >= 4 is 0 Å². The molecule has 3 aromatic rings. The molecule has 1 fully saturated rings. The molecule has 31 heavy (non-hydrogen) atoms. The zero-order valence-corrected chi connectivity index (χ0v) is 17.5. The summed E-state index contributed by atoms with van der Waals surface area (Å²) in [4.78, 5) is 9.19. The molecule has 0 saturated carbocycles. The molecule has 0 amide bonds. The minimum absolute atomic E-state index is 0.429. The molecule has 0 spiro atoms. The summed E-state index contributed by atoms with van der Waals surface area (Å²) in [5, 5.41) is 0. The van der Waals surface area contributed by atoms with Gasteiger partial charge < -0.3 is 4.74 Å². The second kappa shape index (κ2) is 10.6. The van der Waals surface area contributed by atoms with E-state index in [1.807, 2.05) is 48.7 Å². The third-order valence-corrected chi connectivity index (χ3v) is 5.62. The number of ether oxygens (including phenoxy) is 1. The lowest BCUT2D eigenvalue weighted by Gasteiger charge is -2.34. The predicted octanol–water partition coefficient (Wildman–Crippen LogP) is 4.28. The van der Waals surface area contributed by atoms with Crippen LogP contribution in [-0.4, -0.2) is 54.1 Å². The fourth-order valence-electron chi connectivity index (χ4n) is 3.88. The first-order chi connectivity index (χ1) is 15.2. The normalized spacial score (nSPS) is 16.3. The van der Waals surface area contributed by atoms with E-state index in [4.69, 9.17) is 4.74 Å². The summed E-state index contributed by atoms with van der Waals surface area (Å²) in [5.74, 6) is -1.70. The molecule has 0 N–H and O–H groups in total. The van der Waals surface area contributed by atoms with Crippen LogP contribution in [0.25, 0.3) is 0 Å². The number of pyridine rings is 1. The Bertz CT molecular complexity index is 947. The number of halogens is 2. The van der Waals surface area contributed by atoms with Crippen molar-refractivity contribution in [1.82, 2.24) is 14.8 Å². The van der Waals surface area contributed by atoms with Gasteiger partial charge in [-0.1, -0.05) is 42.5 Å². The maximum absolute atomic E-state index is 13.8. The van der Waals surface area contributed by atoms with E-state index in [9.17, 15) is 8.78 Å². The summed E-state index contributed by atoms with van der Waals surface area (Å²) in [6, 6.07) is 19.7. The molecule has 1 saturated heterocycles.